The van der Waals surface area contributed by atoms with Crippen LogP contribution in [0.3, 0.4) is 0 Å². The molecule has 28 heavy (non-hydrogen) atoms. The van der Waals surface area contributed by atoms with Crippen LogP contribution in [0.4, 0.5) is 5.69 Å². The van der Waals surface area contributed by atoms with Crippen molar-refractivity contribution in [3.05, 3.63) is 47.0 Å². The van der Waals surface area contributed by atoms with Gasteiger partial charge in [0, 0.05) is 6.07 Å². The van der Waals surface area contributed by atoms with E-state index in [0.29, 0.717) is 17.2 Å². The summed E-state index contributed by atoms with van der Waals surface area (Å²) in [5.74, 6) is -0.307. The van der Waals surface area contributed by atoms with E-state index >= 15 is 0 Å². The van der Waals surface area contributed by atoms with Gasteiger partial charge in [-0.15, -0.1) is 0 Å². The highest BCUT2D eigenvalue weighted by Crippen LogP contribution is 2.48. The lowest BCUT2D eigenvalue weighted by Crippen LogP contribution is -2.29. The number of carbonyl (C=O) groups excluding carboxylic acids is 2. The van der Waals surface area contributed by atoms with Crippen LogP contribution in [0.25, 0.3) is 0 Å². The molecule has 6 nitrogen and oxygen atoms in total. The number of amides is 1. The predicted molar refractivity (Wildman–Crippen MR) is 107 cm³/mol. The summed E-state index contributed by atoms with van der Waals surface area (Å²) in [4.78, 5) is 26.8. The Morgan fingerprint density at radius 2 is 1.50 bits per heavy atom. The predicted octanol–water partition coefficient (Wildman–Crippen LogP) is 3.74. The average Bonchev–Trinajstić information content (AvgIpc) is 2.90. The molecule has 0 fully saturated rings. The van der Waals surface area contributed by atoms with E-state index in [2.05, 4.69) is 20.8 Å². The molecule has 3 rings (SSSR count). The van der Waals surface area contributed by atoms with Crippen LogP contribution < -0.4 is 19.1 Å². The summed E-state index contributed by atoms with van der Waals surface area (Å²) in [6.45, 7) is 6.72. The second-order valence-corrected chi connectivity index (χ2v) is 7.71. The van der Waals surface area contributed by atoms with Gasteiger partial charge in [-0.25, -0.2) is 0 Å². The van der Waals surface area contributed by atoms with Crippen LogP contribution in [0.15, 0.2) is 30.3 Å². The number of methoxy groups -OCH3 is 3. The van der Waals surface area contributed by atoms with Crippen LogP contribution >= 0.6 is 0 Å². The van der Waals surface area contributed by atoms with E-state index in [1.807, 2.05) is 24.3 Å². The second kappa shape index (κ2) is 7.19. The largest absolute Gasteiger partial charge is 0.493 e. The Balaban J connectivity index is 2.04. The Morgan fingerprint density at radius 1 is 0.893 bits per heavy atom. The maximum Gasteiger partial charge on any atom is 0.299 e. The van der Waals surface area contributed by atoms with Gasteiger partial charge in [0.2, 0.25) is 5.75 Å². The average molecular weight is 383 g/mol. The van der Waals surface area contributed by atoms with E-state index in [-0.39, 0.29) is 23.3 Å². The van der Waals surface area contributed by atoms with Gasteiger partial charge in [-0.05, 0) is 16.5 Å². The Morgan fingerprint density at radius 3 is 2.00 bits per heavy atom. The number of anilines is 1. The molecule has 2 aromatic carbocycles. The summed E-state index contributed by atoms with van der Waals surface area (Å²) >= 11 is 0. The summed E-state index contributed by atoms with van der Waals surface area (Å²) in [6.07, 6.45) is 0. The molecule has 0 radical (unpaired) electrons. The highest BCUT2D eigenvalue weighted by molar-refractivity contribution is 6.53. The summed E-state index contributed by atoms with van der Waals surface area (Å²) < 4.78 is 16.1. The first-order valence-electron chi connectivity index (χ1n) is 9.01. The van der Waals surface area contributed by atoms with Gasteiger partial charge < -0.3 is 19.1 Å². The number of ether oxygens (including phenoxy) is 3. The molecule has 0 unspecified atom stereocenters. The van der Waals surface area contributed by atoms with Crippen molar-refractivity contribution in [1.29, 1.82) is 0 Å². The molecule has 1 amide bonds. The van der Waals surface area contributed by atoms with E-state index in [1.165, 1.54) is 31.8 Å². The summed E-state index contributed by atoms with van der Waals surface area (Å²) in [6, 6.07) is 9.70. The van der Waals surface area contributed by atoms with E-state index in [1.54, 1.807) is 6.07 Å². The first-order valence-corrected chi connectivity index (χ1v) is 9.01. The molecule has 1 aliphatic heterocycles. The number of nitrogens with zero attached hydrogens (tertiary/aromatic N) is 1. The lowest BCUT2D eigenvalue weighted by molar-refractivity contribution is -0.114. The molecule has 0 aliphatic carbocycles. The Hall–Kier alpha value is -3.02. The van der Waals surface area contributed by atoms with Gasteiger partial charge in [-0.2, -0.15) is 0 Å². The molecule has 0 aromatic heterocycles. The molecule has 0 bridgehead atoms. The zero-order chi connectivity index (χ0) is 20.6. The Bertz CT molecular complexity index is 925. The van der Waals surface area contributed by atoms with Gasteiger partial charge >= 0.3 is 0 Å². The Labute approximate surface area is 165 Å². The number of fused-ring (bicyclic) bond motifs is 1. The molecule has 0 spiro atoms. The summed E-state index contributed by atoms with van der Waals surface area (Å²) in [7, 11) is 4.39. The maximum absolute atomic E-state index is 12.7. The van der Waals surface area contributed by atoms with Crippen molar-refractivity contribution in [2.45, 2.75) is 32.7 Å². The molecule has 1 heterocycles. The van der Waals surface area contributed by atoms with Gasteiger partial charge in [0.05, 0.1) is 39.1 Å². The zero-order valence-corrected chi connectivity index (χ0v) is 17.1. The van der Waals surface area contributed by atoms with Crippen molar-refractivity contribution >= 4 is 17.4 Å². The lowest BCUT2D eigenvalue weighted by atomic mass is 9.87. The fourth-order valence-electron chi connectivity index (χ4n) is 3.36. The van der Waals surface area contributed by atoms with Crippen LogP contribution in [0.2, 0.25) is 0 Å². The van der Waals surface area contributed by atoms with Gasteiger partial charge in [-0.1, -0.05) is 45.0 Å². The molecule has 0 atom stereocenters. The monoisotopic (exact) mass is 383 g/mol. The molecule has 1 aliphatic rings. The quantitative estimate of drug-likeness (QED) is 0.736. The first kappa shape index (κ1) is 19.7. The van der Waals surface area contributed by atoms with Crippen molar-refractivity contribution in [3.63, 3.8) is 0 Å². The normalized spacial score (nSPS) is 13.6. The van der Waals surface area contributed by atoms with Crippen molar-refractivity contribution in [2.24, 2.45) is 0 Å². The van der Waals surface area contributed by atoms with Gasteiger partial charge in [0.1, 0.15) is 0 Å². The van der Waals surface area contributed by atoms with Crippen LogP contribution in [-0.4, -0.2) is 33.0 Å². The van der Waals surface area contributed by atoms with E-state index in [0.717, 1.165) is 5.56 Å². The van der Waals surface area contributed by atoms with E-state index in [4.69, 9.17) is 14.2 Å². The Kier molecular flexibility index (Phi) is 5.06. The number of Topliss-reactive ketones (excluding diaryl/α,β-unsaturated/α-hetero) is 1. The smallest absolute Gasteiger partial charge is 0.299 e. The second-order valence-electron chi connectivity index (χ2n) is 7.71. The van der Waals surface area contributed by atoms with E-state index in [9.17, 15) is 9.59 Å². The molecule has 6 heteroatoms. The molecular formula is C22H25NO5. The maximum atomic E-state index is 12.7. The van der Waals surface area contributed by atoms with Gasteiger partial charge in [-0.3, -0.25) is 9.59 Å². The topological polar surface area (TPSA) is 65.1 Å². The number of hydrogen-bond donors (Lipinski definition) is 0. The number of hydrogen-bond acceptors (Lipinski definition) is 5. The third kappa shape index (κ3) is 3.19. The molecule has 0 saturated carbocycles. The lowest BCUT2D eigenvalue weighted by Gasteiger charge is -2.21. The third-order valence-corrected chi connectivity index (χ3v) is 4.93. The molecule has 148 valence electrons. The van der Waals surface area contributed by atoms with Crippen LogP contribution in [0.1, 0.15) is 42.3 Å². The molecule has 2 aromatic rings. The highest BCUT2D eigenvalue weighted by Gasteiger charge is 2.41. The zero-order valence-electron chi connectivity index (χ0n) is 17.1. The standard InChI is InChI=1S/C22H25NO5/c1-22(2,3)14-9-7-13(8-10-14)12-23-15-11-16(26-4)19(27-5)20(28-6)17(15)18(24)21(23)25/h7-11H,12H2,1-6H3. The number of benzene rings is 2. The van der Waals surface area contributed by atoms with Crippen molar-refractivity contribution in [3.8, 4) is 17.2 Å². The third-order valence-electron chi connectivity index (χ3n) is 4.93. The van der Waals surface area contributed by atoms with Crippen molar-refractivity contribution in [1.82, 2.24) is 0 Å². The van der Waals surface area contributed by atoms with Crippen molar-refractivity contribution in [2.75, 3.05) is 26.2 Å². The van der Waals surface area contributed by atoms with Crippen LogP contribution in [0, 0.1) is 0 Å². The SMILES string of the molecule is COc1cc2c(c(OC)c1OC)C(=O)C(=O)N2Cc1ccc(C(C)(C)C)cc1. The van der Waals surface area contributed by atoms with Crippen LogP contribution in [-0.2, 0) is 16.8 Å². The molecule has 0 N–H and O–H groups in total. The first-order chi connectivity index (χ1) is 13.2. The minimum atomic E-state index is -0.612. The molecule has 0 saturated heterocycles. The fourth-order valence-corrected chi connectivity index (χ4v) is 3.36. The minimum absolute atomic E-state index is 0.0435. The number of ketones is 1. The summed E-state index contributed by atoms with van der Waals surface area (Å²) in [5, 5.41) is 0. The van der Waals surface area contributed by atoms with Crippen LogP contribution in [0.5, 0.6) is 17.2 Å². The minimum Gasteiger partial charge on any atom is -0.493 e. The van der Waals surface area contributed by atoms with Gasteiger partial charge in [0.25, 0.3) is 11.7 Å². The summed E-state index contributed by atoms with van der Waals surface area (Å²) in [5.41, 5.74) is 2.84. The van der Waals surface area contributed by atoms with E-state index < -0.39 is 11.7 Å². The fraction of sp³-hybridized carbons (Fsp3) is 0.364. The number of carbonyl (C=O) groups is 2. The number of rotatable bonds is 5. The van der Waals surface area contributed by atoms with Crippen molar-refractivity contribution < 1.29 is 23.8 Å². The molecular weight excluding hydrogens is 358 g/mol. The van der Waals surface area contributed by atoms with Gasteiger partial charge in [0.15, 0.2) is 11.5 Å². The highest BCUT2D eigenvalue weighted by atomic mass is 16.5.